The first-order chi connectivity index (χ1) is 6.35. The van der Waals surface area contributed by atoms with Gasteiger partial charge in [-0.2, -0.15) is 0 Å². The Bertz CT molecular complexity index is 139. The smallest absolute Gasteiger partial charge is 0.403 e. The van der Waals surface area contributed by atoms with Gasteiger partial charge in [-0.25, -0.2) is 0 Å². The second-order valence-corrected chi connectivity index (χ2v) is 3.82. The highest BCUT2D eigenvalue weighted by atomic mass is 16.7. The van der Waals surface area contributed by atoms with Crippen molar-refractivity contribution >= 4 is 7.12 Å². The highest BCUT2D eigenvalue weighted by Gasteiger charge is 2.48. The van der Waals surface area contributed by atoms with Gasteiger partial charge in [0.05, 0.1) is 11.2 Å². The van der Waals surface area contributed by atoms with Gasteiger partial charge >= 0.3 is 7.12 Å². The molecule has 0 radical (unpaired) electrons. The molecule has 0 aliphatic carbocycles. The van der Waals surface area contributed by atoms with Gasteiger partial charge in [-0.3, -0.25) is 0 Å². The van der Waals surface area contributed by atoms with E-state index >= 15 is 0 Å². The van der Waals surface area contributed by atoms with E-state index in [9.17, 15) is 0 Å². The fourth-order valence-corrected chi connectivity index (χ4v) is 1.14. The maximum absolute atomic E-state index is 5.54. The van der Waals surface area contributed by atoms with Gasteiger partial charge in [0.15, 0.2) is 0 Å². The second-order valence-electron chi connectivity index (χ2n) is 3.82. The van der Waals surface area contributed by atoms with Crippen LogP contribution in [0.3, 0.4) is 0 Å². The minimum atomic E-state index is -0.160. The molecule has 0 aromatic rings. The molecule has 1 heterocycles. The van der Waals surface area contributed by atoms with Crippen LogP contribution in [0.15, 0.2) is 13.2 Å². The largest absolute Gasteiger partial charge is 0.454 e. The van der Waals surface area contributed by atoms with E-state index in [1.165, 1.54) is 0 Å². The molecule has 1 saturated heterocycles. The Morgan fingerprint density at radius 2 is 1.07 bits per heavy atom. The van der Waals surface area contributed by atoms with E-state index in [1.54, 1.807) is 0 Å². The Labute approximate surface area is 89.8 Å². The molecule has 14 heavy (non-hydrogen) atoms. The molecule has 84 valence electrons. The summed E-state index contributed by atoms with van der Waals surface area (Å²) in [6.45, 7) is 20.1. The summed E-state index contributed by atoms with van der Waals surface area (Å²) in [7, 11) is -0.0648. The third-order valence-corrected chi connectivity index (χ3v) is 2.37. The minimum Gasteiger partial charge on any atom is -0.403 e. The van der Waals surface area contributed by atoms with Gasteiger partial charge in [0.2, 0.25) is 0 Å². The van der Waals surface area contributed by atoms with E-state index in [2.05, 4.69) is 40.9 Å². The van der Waals surface area contributed by atoms with Crippen molar-refractivity contribution in [3.63, 3.8) is 0 Å². The normalized spacial score (nSPS) is 21.5. The van der Waals surface area contributed by atoms with E-state index in [-0.39, 0.29) is 18.3 Å². The van der Waals surface area contributed by atoms with Crippen molar-refractivity contribution in [1.82, 2.24) is 0 Å². The van der Waals surface area contributed by atoms with Crippen LogP contribution in [0.25, 0.3) is 0 Å². The molecule has 0 aromatic carbocycles. The lowest BCUT2D eigenvalue weighted by Crippen LogP contribution is -2.41. The van der Waals surface area contributed by atoms with Gasteiger partial charge in [-0.1, -0.05) is 13.8 Å². The summed E-state index contributed by atoms with van der Waals surface area (Å²) in [6.07, 6.45) is 0. The first kappa shape index (κ1) is 16.2. The summed E-state index contributed by atoms with van der Waals surface area (Å²) >= 11 is 0. The molecule has 1 fully saturated rings. The van der Waals surface area contributed by atoms with Gasteiger partial charge in [0.25, 0.3) is 0 Å². The quantitative estimate of drug-likeness (QED) is 0.439. The molecular weight excluding hydrogens is 175 g/mol. The van der Waals surface area contributed by atoms with E-state index in [1.807, 2.05) is 20.7 Å². The fourth-order valence-electron chi connectivity index (χ4n) is 1.14. The number of hydrogen-bond donors (Lipinski definition) is 0. The van der Waals surface area contributed by atoms with Crippen molar-refractivity contribution in [2.45, 2.75) is 59.6 Å². The molecule has 0 aromatic heterocycles. The summed E-state index contributed by atoms with van der Waals surface area (Å²) in [5.74, 6) is 0. The molecule has 2 nitrogen and oxygen atoms in total. The van der Waals surface area contributed by atoms with Crippen molar-refractivity contribution < 1.29 is 9.31 Å². The lowest BCUT2D eigenvalue weighted by atomic mass is 9.90. The van der Waals surface area contributed by atoms with Crippen molar-refractivity contribution in [1.29, 1.82) is 0 Å². The third kappa shape index (κ3) is 3.85. The predicted molar refractivity (Wildman–Crippen MR) is 64.5 cm³/mol. The highest BCUT2D eigenvalue weighted by Crippen LogP contribution is 2.36. The van der Waals surface area contributed by atoms with Crippen LogP contribution in [0.2, 0.25) is 6.82 Å². The van der Waals surface area contributed by atoms with Gasteiger partial charge < -0.3 is 9.31 Å². The zero-order valence-electron chi connectivity index (χ0n) is 10.8. The zero-order chi connectivity index (χ0) is 12.0. The first-order valence-corrected chi connectivity index (χ1v) is 5.21. The lowest BCUT2D eigenvalue weighted by Gasteiger charge is -2.32. The summed E-state index contributed by atoms with van der Waals surface area (Å²) < 4.78 is 11.1. The summed E-state index contributed by atoms with van der Waals surface area (Å²) in [5, 5.41) is 0. The van der Waals surface area contributed by atoms with Crippen molar-refractivity contribution in [3.05, 3.63) is 13.2 Å². The molecule has 1 aliphatic rings. The average molecular weight is 200 g/mol. The van der Waals surface area contributed by atoms with Crippen LogP contribution < -0.4 is 0 Å². The van der Waals surface area contributed by atoms with Crippen LogP contribution in [-0.2, 0) is 9.31 Å². The Balaban J connectivity index is 0. The Morgan fingerprint density at radius 1 is 0.857 bits per heavy atom. The standard InChI is InChI=1S/C7H15BO2.C2H6.C2H4/c1-6(2)7(3,4)10-8(5)9-6;2*1-2/h1-5H3;1-2H3;1-2H2. The second kappa shape index (κ2) is 6.25. The molecule has 0 bridgehead atoms. The lowest BCUT2D eigenvalue weighted by molar-refractivity contribution is 0.00578. The van der Waals surface area contributed by atoms with Crippen LogP contribution >= 0.6 is 0 Å². The molecule has 3 heteroatoms. The summed E-state index contributed by atoms with van der Waals surface area (Å²) in [5.41, 5.74) is -0.321. The van der Waals surface area contributed by atoms with Crippen LogP contribution in [-0.4, -0.2) is 18.3 Å². The Kier molecular flexibility index (Phi) is 7.22. The molecule has 1 rings (SSSR count). The van der Waals surface area contributed by atoms with E-state index in [0.717, 1.165) is 0 Å². The fraction of sp³-hybridized carbons (Fsp3) is 0.818. The Hall–Kier alpha value is -0.275. The molecular formula is C11H25BO2. The van der Waals surface area contributed by atoms with Gasteiger partial charge in [0, 0.05) is 0 Å². The van der Waals surface area contributed by atoms with Gasteiger partial charge in [-0.15, -0.1) is 13.2 Å². The van der Waals surface area contributed by atoms with E-state index < -0.39 is 0 Å². The maximum atomic E-state index is 5.54. The molecule has 1 aliphatic heterocycles. The minimum absolute atomic E-state index is 0.0648. The van der Waals surface area contributed by atoms with E-state index in [0.29, 0.717) is 0 Å². The van der Waals surface area contributed by atoms with Crippen molar-refractivity contribution in [3.8, 4) is 0 Å². The van der Waals surface area contributed by atoms with Crippen LogP contribution in [0.5, 0.6) is 0 Å². The summed E-state index contributed by atoms with van der Waals surface area (Å²) in [4.78, 5) is 0. The summed E-state index contributed by atoms with van der Waals surface area (Å²) in [6, 6.07) is 0. The predicted octanol–water partition coefficient (Wildman–Crippen LogP) is 3.54. The third-order valence-electron chi connectivity index (χ3n) is 2.37. The maximum Gasteiger partial charge on any atom is 0.454 e. The average Bonchev–Trinajstić information content (AvgIpc) is 2.26. The SMILES string of the molecule is C=C.CB1OC(C)(C)C(C)(C)O1.CC. The number of rotatable bonds is 0. The highest BCUT2D eigenvalue weighted by molar-refractivity contribution is 6.43. The molecule has 0 unspecified atom stereocenters. The molecule has 0 atom stereocenters. The molecule has 0 amide bonds. The van der Waals surface area contributed by atoms with Crippen LogP contribution in [0.1, 0.15) is 41.5 Å². The molecule has 0 saturated carbocycles. The molecule has 0 N–H and O–H groups in total. The van der Waals surface area contributed by atoms with Crippen LogP contribution in [0.4, 0.5) is 0 Å². The van der Waals surface area contributed by atoms with Gasteiger partial charge in [-0.05, 0) is 34.5 Å². The first-order valence-electron chi connectivity index (χ1n) is 5.21. The van der Waals surface area contributed by atoms with Crippen molar-refractivity contribution in [2.75, 3.05) is 0 Å². The number of hydrogen-bond acceptors (Lipinski definition) is 2. The monoisotopic (exact) mass is 200 g/mol. The van der Waals surface area contributed by atoms with Crippen LogP contribution in [0, 0.1) is 0 Å². The topological polar surface area (TPSA) is 18.5 Å². The van der Waals surface area contributed by atoms with E-state index in [4.69, 9.17) is 9.31 Å². The Morgan fingerprint density at radius 3 is 1.14 bits per heavy atom. The molecule has 0 spiro atoms. The van der Waals surface area contributed by atoms with Gasteiger partial charge in [0.1, 0.15) is 0 Å². The van der Waals surface area contributed by atoms with Crippen molar-refractivity contribution in [2.24, 2.45) is 0 Å². The zero-order valence-corrected chi connectivity index (χ0v) is 10.8.